The van der Waals surface area contributed by atoms with Crippen LogP contribution in [0.3, 0.4) is 0 Å². The Morgan fingerprint density at radius 1 is 1.40 bits per heavy atom. The Bertz CT molecular complexity index is 448. The van der Waals surface area contributed by atoms with Gasteiger partial charge in [-0.1, -0.05) is 26.0 Å². The van der Waals surface area contributed by atoms with E-state index in [-0.39, 0.29) is 11.9 Å². The molecule has 5 heteroatoms. The number of ether oxygens (including phenoxy) is 1. The highest BCUT2D eigenvalue weighted by atomic mass is 16.5. The van der Waals surface area contributed by atoms with Crippen molar-refractivity contribution in [1.82, 2.24) is 5.32 Å². The average molecular weight is 277 g/mol. The lowest BCUT2D eigenvalue weighted by atomic mass is 10.1. The van der Waals surface area contributed by atoms with Crippen molar-refractivity contribution in [3.05, 3.63) is 24.3 Å². The van der Waals surface area contributed by atoms with Crippen molar-refractivity contribution < 1.29 is 9.53 Å². The Labute approximate surface area is 120 Å². The van der Waals surface area contributed by atoms with E-state index < -0.39 is 0 Å². The Morgan fingerprint density at radius 2 is 2.15 bits per heavy atom. The molecule has 110 valence electrons. The van der Waals surface area contributed by atoms with E-state index in [4.69, 9.17) is 4.74 Å². The fourth-order valence-electron chi connectivity index (χ4n) is 2.06. The van der Waals surface area contributed by atoms with Gasteiger partial charge in [0.15, 0.2) is 0 Å². The molecule has 1 aromatic carbocycles. The maximum atomic E-state index is 12.0. The second kappa shape index (κ2) is 7.14. The number of carbonyl (C=O) groups is 1. The van der Waals surface area contributed by atoms with Gasteiger partial charge in [0.25, 0.3) is 0 Å². The Morgan fingerprint density at radius 3 is 2.90 bits per heavy atom. The lowest BCUT2D eigenvalue weighted by Crippen LogP contribution is -2.46. The summed E-state index contributed by atoms with van der Waals surface area (Å²) < 4.78 is 5.44. The quantitative estimate of drug-likeness (QED) is 0.692. The molecule has 0 spiro atoms. The minimum atomic E-state index is -0.241. The van der Waals surface area contributed by atoms with Gasteiger partial charge in [-0.3, -0.25) is 4.79 Å². The van der Waals surface area contributed by atoms with Crippen molar-refractivity contribution >= 4 is 17.3 Å². The number of hydrogen-bond acceptors (Lipinski definition) is 4. The number of benzene rings is 1. The Hall–Kier alpha value is -1.75. The Balaban J connectivity index is 1.72. The van der Waals surface area contributed by atoms with Crippen molar-refractivity contribution in [2.45, 2.75) is 19.9 Å². The molecule has 1 atom stereocenters. The molecule has 2 rings (SSSR count). The predicted molar refractivity (Wildman–Crippen MR) is 81.0 cm³/mol. The molecule has 0 saturated carbocycles. The summed E-state index contributed by atoms with van der Waals surface area (Å²) in [6, 6.07) is 7.65. The summed E-state index contributed by atoms with van der Waals surface area (Å²) in [5.74, 6) is 0.520. The fraction of sp³-hybridized carbons (Fsp3) is 0.533. The fourth-order valence-corrected chi connectivity index (χ4v) is 2.06. The first-order chi connectivity index (χ1) is 9.66. The molecule has 1 unspecified atom stereocenters. The SMILES string of the molecule is CC(C)COCCNC(=O)C1CNc2ccccc2N1. The van der Waals surface area contributed by atoms with Crippen LogP contribution in [0.2, 0.25) is 0 Å². The van der Waals surface area contributed by atoms with Crippen LogP contribution < -0.4 is 16.0 Å². The number of rotatable bonds is 6. The molecule has 1 aliphatic rings. The van der Waals surface area contributed by atoms with E-state index in [1.165, 1.54) is 0 Å². The van der Waals surface area contributed by atoms with Crippen molar-refractivity contribution in [3.63, 3.8) is 0 Å². The molecule has 5 nitrogen and oxygen atoms in total. The van der Waals surface area contributed by atoms with Gasteiger partial charge in [0.05, 0.1) is 18.0 Å². The van der Waals surface area contributed by atoms with Crippen molar-refractivity contribution in [3.8, 4) is 0 Å². The zero-order valence-corrected chi connectivity index (χ0v) is 12.1. The number of anilines is 2. The second-order valence-electron chi connectivity index (χ2n) is 5.38. The van der Waals surface area contributed by atoms with Crippen LogP contribution in [0.5, 0.6) is 0 Å². The topological polar surface area (TPSA) is 62.4 Å². The maximum absolute atomic E-state index is 12.0. The Kier molecular flexibility index (Phi) is 5.24. The molecule has 1 amide bonds. The van der Waals surface area contributed by atoms with E-state index in [1.807, 2.05) is 24.3 Å². The molecular formula is C15H23N3O2. The van der Waals surface area contributed by atoms with E-state index >= 15 is 0 Å². The maximum Gasteiger partial charge on any atom is 0.244 e. The van der Waals surface area contributed by atoms with Gasteiger partial charge in [-0.05, 0) is 18.1 Å². The van der Waals surface area contributed by atoms with Crippen LogP contribution >= 0.6 is 0 Å². The largest absolute Gasteiger partial charge is 0.381 e. The van der Waals surface area contributed by atoms with Gasteiger partial charge in [0, 0.05) is 19.7 Å². The van der Waals surface area contributed by atoms with E-state index in [9.17, 15) is 4.79 Å². The smallest absolute Gasteiger partial charge is 0.244 e. The summed E-state index contributed by atoms with van der Waals surface area (Å²) in [6.07, 6.45) is 0. The van der Waals surface area contributed by atoms with Gasteiger partial charge in [0.1, 0.15) is 6.04 Å². The highest BCUT2D eigenvalue weighted by Crippen LogP contribution is 2.24. The summed E-state index contributed by atoms with van der Waals surface area (Å²) in [7, 11) is 0. The highest BCUT2D eigenvalue weighted by molar-refractivity contribution is 5.88. The van der Waals surface area contributed by atoms with Crippen LogP contribution in [0.15, 0.2) is 24.3 Å². The van der Waals surface area contributed by atoms with Crippen LogP contribution in [0.4, 0.5) is 11.4 Å². The molecule has 1 aromatic rings. The van der Waals surface area contributed by atoms with Gasteiger partial charge in [-0.2, -0.15) is 0 Å². The molecule has 1 heterocycles. The molecule has 0 bridgehead atoms. The summed E-state index contributed by atoms with van der Waals surface area (Å²) in [5, 5.41) is 9.39. The normalized spacial score (nSPS) is 17.1. The monoisotopic (exact) mass is 277 g/mol. The number of fused-ring (bicyclic) bond motifs is 1. The number of hydrogen-bond donors (Lipinski definition) is 3. The van der Waals surface area contributed by atoms with Crippen LogP contribution in [0, 0.1) is 5.92 Å². The molecule has 3 N–H and O–H groups in total. The third-order valence-corrected chi connectivity index (χ3v) is 3.07. The first-order valence-corrected chi connectivity index (χ1v) is 7.11. The molecule has 0 radical (unpaired) electrons. The van der Waals surface area contributed by atoms with Gasteiger partial charge < -0.3 is 20.7 Å². The van der Waals surface area contributed by atoms with Gasteiger partial charge in [-0.15, -0.1) is 0 Å². The molecule has 0 aromatic heterocycles. The number of amides is 1. The zero-order valence-electron chi connectivity index (χ0n) is 12.1. The number of nitrogens with one attached hydrogen (secondary N) is 3. The molecule has 0 saturated heterocycles. The van der Waals surface area contributed by atoms with Gasteiger partial charge in [-0.25, -0.2) is 0 Å². The summed E-state index contributed by atoms with van der Waals surface area (Å²) in [5.41, 5.74) is 2.01. The summed E-state index contributed by atoms with van der Waals surface area (Å²) in [4.78, 5) is 12.0. The van der Waals surface area contributed by atoms with Crippen LogP contribution in [0.1, 0.15) is 13.8 Å². The summed E-state index contributed by atoms with van der Waals surface area (Å²) >= 11 is 0. The molecular weight excluding hydrogens is 254 g/mol. The van der Waals surface area contributed by atoms with Crippen LogP contribution in [-0.4, -0.2) is 38.3 Å². The third-order valence-electron chi connectivity index (χ3n) is 3.07. The molecule has 0 fully saturated rings. The highest BCUT2D eigenvalue weighted by Gasteiger charge is 2.22. The number of para-hydroxylation sites is 2. The van der Waals surface area contributed by atoms with Crippen LogP contribution in [0.25, 0.3) is 0 Å². The first kappa shape index (κ1) is 14.7. The van der Waals surface area contributed by atoms with Crippen LogP contribution in [-0.2, 0) is 9.53 Å². The first-order valence-electron chi connectivity index (χ1n) is 7.11. The minimum Gasteiger partial charge on any atom is -0.381 e. The van der Waals surface area contributed by atoms with Crippen molar-refractivity contribution in [2.75, 3.05) is 36.9 Å². The van der Waals surface area contributed by atoms with Gasteiger partial charge >= 0.3 is 0 Å². The zero-order chi connectivity index (χ0) is 14.4. The number of carbonyl (C=O) groups excluding carboxylic acids is 1. The summed E-state index contributed by atoms with van der Waals surface area (Å²) in [6.45, 7) is 6.63. The lowest BCUT2D eigenvalue weighted by molar-refractivity contribution is -0.121. The molecule has 20 heavy (non-hydrogen) atoms. The second-order valence-corrected chi connectivity index (χ2v) is 5.38. The van der Waals surface area contributed by atoms with Crippen molar-refractivity contribution in [1.29, 1.82) is 0 Å². The standard InChI is InChI=1S/C15H23N3O2/c1-11(2)10-20-8-7-16-15(19)14-9-17-12-5-3-4-6-13(12)18-14/h3-6,11,14,17-18H,7-10H2,1-2H3,(H,16,19). The third kappa shape index (κ3) is 4.13. The van der Waals surface area contributed by atoms with E-state index in [1.54, 1.807) is 0 Å². The predicted octanol–water partition coefficient (Wildman–Crippen LogP) is 1.68. The van der Waals surface area contributed by atoms with Crippen molar-refractivity contribution in [2.24, 2.45) is 5.92 Å². The molecule has 0 aliphatic carbocycles. The van der Waals surface area contributed by atoms with E-state index in [0.717, 1.165) is 18.0 Å². The van der Waals surface area contributed by atoms with E-state index in [2.05, 4.69) is 29.8 Å². The van der Waals surface area contributed by atoms with Gasteiger partial charge in [0.2, 0.25) is 5.91 Å². The average Bonchev–Trinajstić information content (AvgIpc) is 2.46. The minimum absolute atomic E-state index is 0.000139. The molecule has 1 aliphatic heterocycles. The van der Waals surface area contributed by atoms with E-state index in [0.29, 0.717) is 25.6 Å². The lowest BCUT2D eigenvalue weighted by Gasteiger charge is -2.27.